The first-order chi connectivity index (χ1) is 14.0. The summed E-state index contributed by atoms with van der Waals surface area (Å²) in [5.41, 5.74) is 4.54. The summed E-state index contributed by atoms with van der Waals surface area (Å²) in [6, 6.07) is 5.93. The van der Waals surface area contributed by atoms with Crippen molar-refractivity contribution < 1.29 is 9.53 Å². The SMILES string of the molecule is COCCc1nc2c(c(=O)[nH]1)C[C@H]1CC[C@@H](C2)N1C(=O)Nc1cccc(C)c1C. The fourth-order valence-electron chi connectivity index (χ4n) is 4.51. The molecule has 2 amide bonds. The van der Waals surface area contributed by atoms with Crippen LogP contribution in [0.2, 0.25) is 0 Å². The molecule has 7 heteroatoms. The van der Waals surface area contributed by atoms with Crippen molar-refractivity contribution in [3.63, 3.8) is 0 Å². The fourth-order valence-corrected chi connectivity index (χ4v) is 4.51. The lowest BCUT2D eigenvalue weighted by Gasteiger charge is -2.28. The van der Waals surface area contributed by atoms with Gasteiger partial charge < -0.3 is 19.9 Å². The maximum atomic E-state index is 13.2. The maximum Gasteiger partial charge on any atom is 0.322 e. The molecular formula is C22H28N4O3. The molecule has 2 N–H and O–H groups in total. The number of benzene rings is 1. The second kappa shape index (κ2) is 7.99. The number of carbonyl (C=O) groups excluding carboxylic acids is 1. The number of hydrogen-bond acceptors (Lipinski definition) is 4. The fraction of sp³-hybridized carbons (Fsp3) is 0.500. The molecule has 3 heterocycles. The van der Waals surface area contributed by atoms with E-state index in [9.17, 15) is 9.59 Å². The zero-order chi connectivity index (χ0) is 20.5. The number of nitrogens with one attached hydrogen (secondary N) is 2. The van der Waals surface area contributed by atoms with Crippen LogP contribution >= 0.6 is 0 Å². The Kier molecular flexibility index (Phi) is 5.41. The third kappa shape index (κ3) is 3.79. The van der Waals surface area contributed by atoms with Gasteiger partial charge in [0.2, 0.25) is 0 Å². The molecule has 0 radical (unpaired) electrons. The highest BCUT2D eigenvalue weighted by Gasteiger charge is 2.41. The van der Waals surface area contributed by atoms with Crippen LogP contribution in [0.1, 0.15) is 41.1 Å². The minimum atomic E-state index is -0.0879. The number of aromatic amines is 1. The summed E-state index contributed by atoms with van der Waals surface area (Å²) >= 11 is 0. The number of nitrogens with zero attached hydrogens (tertiary/aromatic N) is 2. The molecule has 2 atom stereocenters. The van der Waals surface area contributed by atoms with Gasteiger partial charge in [-0.25, -0.2) is 9.78 Å². The summed E-state index contributed by atoms with van der Waals surface area (Å²) in [6.07, 6.45) is 3.60. The number of anilines is 1. The summed E-state index contributed by atoms with van der Waals surface area (Å²) in [6.45, 7) is 4.57. The van der Waals surface area contributed by atoms with E-state index in [1.54, 1.807) is 7.11 Å². The number of carbonyl (C=O) groups is 1. The monoisotopic (exact) mass is 396 g/mol. The summed E-state index contributed by atoms with van der Waals surface area (Å²) in [4.78, 5) is 35.4. The third-order valence-corrected chi connectivity index (χ3v) is 6.26. The Balaban J connectivity index is 1.58. The number of amides is 2. The minimum absolute atomic E-state index is 0.0269. The van der Waals surface area contributed by atoms with Gasteiger partial charge >= 0.3 is 6.03 Å². The van der Waals surface area contributed by atoms with Crippen LogP contribution in [0.25, 0.3) is 0 Å². The van der Waals surface area contributed by atoms with Crippen LogP contribution in [0.4, 0.5) is 10.5 Å². The van der Waals surface area contributed by atoms with Gasteiger partial charge in [0, 0.05) is 49.7 Å². The Morgan fingerprint density at radius 2 is 2.03 bits per heavy atom. The van der Waals surface area contributed by atoms with Gasteiger partial charge in [-0.2, -0.15) is 0 Å². The molecule has 0 unspecified atom stereocenters. The van der Waals surface area contributed by atoms with E-state index in [0.29, 0.717) is 31.7 Å². The van der Waals surface area contributed by atoms with Crippen LogP contribution in [0, 0.1) is 13.8 Å². The van der Waals surface area contributed by atoms with Crippen molar-refractivity contribution in [3.05, 3.63) is 56.8 Å². The average Bonchev–Trinajstić information content (AvgIpc) is 2.99. The van der Waals surface area contributed by atoms with Crippen molar-refractivity contribution in [1.82, 2.24) is 14.9 Å². The highest BCUT2D eigenvalue weighted by molar-refractivity contribution is 5.91. The predicted octanol–water partition coefficient (Wildman–Crippen LogP) is 2.74. The van der Waals surface area contributed by atoms with Crippen molar-refractivity contribution in [1.29, 1.82) is 0 Å². The van der Waals surface area contributed by atoms with Gasteiger partial charge in [0.15, 0.2) is 0 Å². The Morgan fingerprint density at radius 3 is 2.79 bits per heavy atom. The first-order valence-electron chi connectivity index (χ1n) is 10.2. The molecule has 2 bridgehead atoms. The quantitative estimate of drug-likeness (QED) is 0.832. The molecule has 154 valence electrons. The molecule has 1 aromatic heterocycles. The summed E-state index contributed by atoms with van der Waals surface area (Å²) in [5.74, 6) is 0.653. The van der Waals surface area contributed by atoms with Crippen LogP contribution in [0.15, 0.2) is 23.0 Å². The summed E-state index contributed by atoms with van der Waals surface area (Å²) in [5, 5.41) is 3.09. The molecule has 0 spiro atoms. The van der Waals surface area contributed by atoms with Crippen molar-refractivity contribution in [2.75, 3.05) is 19.0 Å². The molecule has 4 rings (SSSR count). The largest absolute Gasteiger partial charge is 0.384 e. The standard InChI is InChI=1S/C22H28N4O3/c1-13-5-4-6-18(14(13)2)24-22(28)26-15-7-8-16(26)12-19-17(11-15)21(27)25-20(23-19)9-10-29-3/h4-6,15-16H,7-12H2,1-3H3,(H,24,28)(H,23,25,27)/t15-,16+/m1/s1. The van der Waals surface area contributed by atoms with E-state index in [1.807, 2.05) is 36.9 Å². The van der Waals surface area contributed by atoms with Gasteiger partial charge in [-0.3, -0.25) is 4.79 Å². The number of methoxy groups -OCH3 is 1. The highest BCUT2D eigenvalue weighted by atomic mass is 16.5. The Hall–Kier alpha value is -2.67. The molecule has 1 saturated heterocycles. The summed E-state index contributed by atoms with van der Waals surface area (Å²) < 4.78 is 5.10. The van der Waals surface area contributed by atoms with E-state index in [0.717, 1.165) is 40.9 Å². The van der Waals surface area contributed by atoms with Gasteiger partial charge in [0.1, 0.15) is 5.82 Å². The predicted molar refractivity (Wildman–Crippen MR) is 111 cm³/mol. The van der Waals surface area contributed by atoms with Gasteiger partial charge in [-0.1, -0.05) is 12.1 Å². The maximum absolute atomic E-state index is 13.2. The van der Waals surface area contributed by atoms with Crippen LogP contribution in [0.5, 0.6) is 0 Å². The first kappa shape index (κ1) is 19.6. The molecule has 7 nitrogen and oxygen atoms in total. The van der Waals surface area contributed by atoms with Crippen LogP contribution in [0.3, 0.4) is 0 Å². The number of aryl methyl sites for hydroxylation is 1. The van der Waals surface area contributed by atoms with Crippen LogP contribution in [-0.4, -0.2) is 46.7 Å². The number of rotatable bonds is 4. The lowest BCUT2D eigenvalue weighted by Crippen LogP contribution is -2.44. The van der Waals surface area contributed by atoms with Crippen molar-refractivity contribution >= 4 is 11.7 Å². The zero-order valence-electron chi connectivity index (χ0n) is 17.2. The molecule has 29 heavy (non-hydrogen) atoms. The number of urea groups is 1. The molecule has 2 aliphatic heterocycles. The summed E-state index contributed by atoms with van der Waals surface area (Å²) in [7, 11) is 1.63. The number of fused-ring (bicyclic) bond motifs is 3. The van der Waals surface area contributed by atoms with E-state index in [4.69, 9.17) is 9.72 Å². The van der Waals surface area contributed by atoms with Crippen molar-refractivity contribution in [2.24, 2.45) is 0 Å². The van der Waals surface area contributed by atoms with Gasteiger partial charge in [0.05, 0.1) is 12.3 Å². The van der Waals surface area contributed by atoms with Crippen molar-refractivity contribution in [2.45, 2.75) is 58.0 Å². The number of hydrogen-bond donors (Lipinski definition) is 2. The van der Waals surface area contributed by atoms with E-state index in [1.165, 1.54) is 0 Å². The Labute approximate surface area is 170 Å². The molecule has 0 saturated carbocycles. The van der Waals surface area contributed by atoms with Gasteiger partial charge in [-0.15, -0.1) is 0 Å². The second-order valence-corrected chi connectivity index (χ2v) is 8.06. The third-order valence-electron chi connectivity index (χ3n) is 6.26. The molecule has 2 aliphatic rings. The topological polar surface area (TPSA) is 87.3 Å². The molecule has 0 aliphatic carbocycles. The van der Waals surface area contributed by atoms with Crippen molar-refractivity contribution in [3.8, 4) is 0 Å². The Morgan fingerprint density at radius 1 is 1.28 bits per heavy atom. The van der Waals surface area contributed by atoms with Crippen LogP contribution in [-0.2, 0) is 24.0 Å². The van der Waals surface area contributed by atoms with E-state index in [2.05, 4.69) is 10.3 Å². The second-order valence-electron chi connectivity index (χ2n) is 8.06. The normalized spacial score (nSPS) is 20.3. The zero-order valence-corrected chi connectivity index (χ0v) is 17.2. The van der Waals surface area contributed by atoms with E-state index in [-0.39, 0.29) is 23.7 Å². The highest BCUT2D eigenvalue weighted by Crippen LogP contribution is 2.33. The van der Waals surface area contributed by atoms with E-state index >= 15 is 0 Å². The number of H-pyrrole nitrogens is 1. The first-order valence-corrected chi connectivity index (χ1v) is 10.2. The molecule has 1 fully saturated rings. The lowest BCUT2D eigenvalue weighted by molar-refractivity contribution is 0.187. The average molecular weight is 396 g/mol. The lowest BCUT2D eigenvalue weighted by atomic mass is 9.98. The Bertz CT molecular complexity index is 985. The number of aromatic nitrogens is 2. The van der Waals surface area contributed by atoms with E-state index < -0.39 is 0 Å². The van der Waals surface area contributed by atoms with Gasteiger partial charge in [-0.05, 0) is 43.9 Å². The number of ether oxygens (including phenoxy) is 1. The van der Waals surface area contributed by atoms with Crippen LogP contribution < -0.4 is 10.9 Å². The molecule has 2 aromatic rings. The smallest absolute Gasteiger partial charge is 0.322 e. The molecule has 1 aromatic carbocycles. The van der Waals surface area contributed by atoms with Gasteiger partial charge in [0.25, 0.3) is 5.56 Å². The minimum Gasteiger partial charge on any atom is -0.384 e. The molecular weight excluding hydrogens is 368 g/mol.